The summed E-state index contributed by atoms with van der Waals surface area (Å²) in [6.07, 6.45) is -0.140. The number of carbonyl (C=O) groups is 2. The Morgan fingerprint density at radius 3 is 2.47 bits per heavy atom. The predicted octanol–water partition coefficient (Wildman–Crippen LogP) is 0.0336. The number of ketones is 1. The zero-order valence-corrected chi connectivity index (χ0v) is 9.09. The van der Waals surface area contributed by atoms with E-state index in [1.165, 1.54) is 0 Å². The average molecular weight is 235 g/mol. The highest BCUT2D eigenvalue weighted by molar-refractivity contribution is 6.02. The molecule has 0 saturated carbocycles. The molecule has 0 saturated heterocycles. The van der Waals surface area contributed by atoms with Gasteiger partial charge >= 0.3 is 0 Å². The highest BCUT2D eigenvalue weighted by atomic mass is 16.4. The minimum atomic E-state index is -0.586. The Balaban J connectivity index is 2.81. The molecule has 0 aliphatic heterocycles. The van der Waals surface area contributed by atoms with Crippen LogP contribution in [0.2, 0.25) is 0 Å². The normalized spacial score (nSPS) is 11.2. The van der Waals surface area contributed by atoms with Crippen LogP contribution in [0.25, 0.3) is 0 Å². The molecular weight excluding hydrogens is 222 g/mol. The maximum atomic E-state index is 11.5. The number of Topliss-reactive ketones (excluding diaryl/α,β-unsaturated/α-hetero) is 1. The van der Waals surface area contributed by atoms with Gasteiger partial charge in [0.25, 0.3) is 0 Å². The quantitative estimate of drug-likeness (QED) is 0.289. The molecule has 1 aromatic carbocycles. The smallest absolute Gasteiger partial charge is 0.248 e. The molecule has 0 aromatic heterocycles. The second-order valence-corrected chi connectivity index (χ2v) is 3.50. The number of amidine groups is 1. The van der Waals surface area contributed by atoms with Crippen molar-refractivity contribution in [3.05, 3.63) is 35.4 Å². The molecule has 1 aromatic rings. The van der Waals surface area contributed by atoms with E-state index in [-0.39, 0.29) is 24.5 Å². The molecule has 0 heterocycles. The lowest BCUT2D eigenvalue weighted by Crippen LogP contribution is -2.20. The summed E-state index contributed by atoms with van der Waals surface area (Å²) in [6.45, 7) is 0. The first-order valence-corrected chi connectivity index (χ1v) is 4.90. The number of amides is 1. The Morgan fingerprint density at radius 2 is 1.88 bits per heavy atom. The van der Waals surface area contributed by atoms with E-state index in [4.69, 9.17) is 16.7 Å². The number of oxime groups is 1. The van der Waals surface area contributed by atoms with Crippen LogP contribution in [0.3, 0.4) is 0 Å². The zero-order valence-electron chi connectivity index (χ0n) is 9.09. The van der Waals surface area contributed by atoms with Gasteiger partial charge in [-0.2, -0.15) is 0 Å². The summed E-state index contributed by atoms with van der Waals surface area (Å²) < 4.78 is 0. The second kappa shape index (κ2) is 5.64. The second-order valence-electron chi connectivity index (χ2n) is 3.50. The molecule has 1 rings (SSSR count). The van der Waals surface area contributed by atoms with Crippen LogP contribution in [0.15, 0.2) is 29.4 Å². The minimum absolute atomic E-state index is 0.0231. The molecular formula is C11H13N3O3. The molecule has 6 heteroatoms. The monoisotopic (exact) mass is 235 g/mol. The van der Waals surface area contributed by atoms with Crippen LogP contribution in [-0.4, -0.2) is 22.7 Å². The van der Waals surface area contributed by atoms with Gasteiger partial charge in [0.2, 0.25) is 5.91 Å². The van der Waals surface area contributed by atoms with Gasteiger partial charge in [0.1, 0.15) is 11.6 Å². The number of rotatable bonds is 5. The summed E-state index contributed by atoms with van der Waals surface area (Å²) in [7, 11) is 0. The van der Waals surface area contributed by atoms with Crippen LogP contribution >= 0.6 is 0 Å². The predicted molar refractivity (Wildman–Crippen MR) is 61.7 cm³/mol. The molecule has 1 amide bonds. The number of primary amides is 1. The van der Waals surface area contributed by atoms with Crippen molar-refractivity contribution >= 4 is 17.5 Å². The van der Waals surface area contributed by atoms with Gasteiger partial charge in [0.05, 0.1) is 6.42 Å². The molecule has 0 bridgehead atoms. The van der Waals surface area contributed by atoms with Gasteiger partial charge in [-0.05, 0) is 11.6 Å². The number of nitrogens with two attached hydrogens (primary N) is 2. The van der Waals surface area contributed by atoms with Crippen LogP contribution in [0.1, 0.15) is 22.3 Å². The van der Waals surface area contributed by atoms with E-state index >= 15 is 0 Å². The lowest BCUT2D eigenvalue weighted by Gasteiger charge is -2.05. The Bertz CT molecular complexity index is 469. The van der Waals surface area contributed by atoms with E-state index in [0.717, 1.165) is 0 Å². The van der Waals surface area contributed by atoms with Gasteiger partial charge in [-0.15, -0.1) is 0 Å². The molecule has 0 unspecified atom stereocenters. The van der Waals surface area contributed by atoms with Gasteiger partial charge in [0.15, 0.2) is 0 Å². The zero-order chi connectivity index (χ0) is 12.8. The van der Waals surface area contributed by atoms with Crippen LogP contribution in [0.5, 0.6) is 0 Å². The number of nitrogens with zero attached hydrogens (tertiary/aromatic N) is 1. The first-order chi connectivity index (χ1) is 8.04. The van der Waals surface area contributed by atoms with Crippen LogP contribution < -0.4 is 11.5 Å². The number of benzene rings is 1. The lowest BCUT2D eigenvalue weighted by atomic mass is 10.0. The molecule has 0 spiro atoms. The summed E-state index contributed by atoms with van der Waals surface area (Å²) in [4.78, 5) is 22.6. The number of carbonyl (C=O) groups excluding carboxylic acids is 2. The fourth-order valence-corrected chi connectivity index (χ4v) is 1.43. The molecule has 17 heavy (non-hydrogen) atoms. The number of hydrogen-bond acceptors (Lipinski definition) is 4. The van der Waals surface area contributed by atoms with Gasteiger partial charge in [-0.1, -0.05) is 23.4 Å². The third-order valence-corrected chi connectivity index (χ3v) is 2.18. The van der Waals surface area contributed by atoms with Gasteiger partial charge in [0, 0.05) is 12.0 Å². The van der Waals surface area contributed by atoms with E-state index < -0.39 is 5.91 Å². The first kappa shape index (κ1) is 12.7. The third kappa shape index (κ3) is 3.60. The number of hydrogen-bond donors (Lipinski definition) is 3. The SMILES string of the molecule is NC(=O)c1ccccc1CC(=O)C/C(N)=N/O. The highest BCUT2D eigenvalue weighted by Gasteiger charge is 2.12. The van der Waals surface area contributed by atoms with E-state index in [9.17, 15) is 9.59 Å². The summed E-state index contributed by atoms with van der Waals surface area (Å²) >= 11 is 0. The maximum absolute atomic E-state index is 11.5. The standard InChI is InChI=1S/C11H13N3O3/c12-10(14-17)6-8(15)5-7-3-1-2-4-9(7)11(13)16/h1-4,17H,5-6H2,(H2,12,14)(H2,13,16). The van der Waals surface area contributed by atoms with E-state index in [1.54, 1.807) is 24.3 Å². The molecule has 0 atom stereocenters. The molecule has 0 fully saturated rings. The summed E-state index contributed by atoms with van der Waals surface area (Å²) in [5.41, 5.74) is 11.2. The topological polar surface area (TPSA) is 119 Å². The Hall–Kier alpha value is -2.37. The summed E-state index contributed by atoms with van der Waals surface area (Å²) in [5.74, 6) is -1.00. The molecule has 6 nitrogen and oxygen atoms in total. The molecule has 5 N–H and O–H groups in total. The van der Waals surface area contributed by atoms with Crippen molar-refractivity contribution in [1.29, 1.82) is 0 Å². The van der Waals surface area contributed by atoms with E-state index in [0.29, 0.717) is 11.1 Å². The lowest BCUT2D eigenvalue weighted by molar-refractivity contribution is -0.117. The average Bonchev–Trinajstić information content (AvgIpc) is 2.29. The molecule has 0 aliphatic rings. The first-order valence-electron chi connectivity index (χ1n) is 4.90. The molecule has 0 radical (unpaired) electrons. The van der Waals surface area contributed by atoms with E-state index in [2.05, 4.69) is 5.16 Å². The van der Waals surface area contributed by atoms with Crippen molar-refractivity contribution in [1.82, 2.24) is 0 Å². The third-order valence-electron chi connectivity index (χ3n) is 2.18. The summed E-state index contributed by atoms with van der Waals surface area (Å²) in [6, 6.07) is 6.56. The summed E-state index contributed by atoms with van der Waals surface area (Å²) in [5, 5.41) is 11.0. The van der Waals surface area contributed by atoms with E-state index in [1.807, 2.05) is 0 Å². The fraction of sp³-hybridized carbons (Fsp3) is 0.182. The van der Waals surface area contributed by atoms with Crippen molar-refractivity contribution in [2.24, 2.45) is 16.6 Å². The van der Waals surface area contributed by atoms with Crippen molar-refractivity contribution in [2.45, 2.75) is 12.8 Å². The Kier molecular flexibility index (Phi) is 4.21. The van der Waals surface area contributed by atoms with Crippen LogP contribution in [0, 0.1) is 0 Å². The van der Waals surface area contributed by atoms with Crippen molar-refractivity contribution in [3.63, 3.8) is 0 Å². The largest absolute Gasteiger partial charge is 0.409 e. The minimum Gasteiger partial charge on any atom is -0.409 e. The van der Waals surface area contributed by atoms with Crippen molar-refractivity contribution < 1.29 is 14.8 Å². The fourth-order valence-electron chi connectivity index (χ4n) is 1.43. The van der Waals surface area contributed by atoms with Gasteiger partial charge < -0.3 is 16.7 Å². The van der Waals surface area contributed by atoms with Gasteiger partial charge in [-0.3, -0.25) is 9.59 Å². The maximum Gasteiger partial charge on any atom is 0.248 e. The van der Waals surface area contributed by atoms with Crippen LogP contribution in [-0.2, 0) is 11.2 Å². The Morgan fingerprint density at radius 1 is 1.24 bits per heavy atom. The molecule has 90 valence electrons. The Labute approximate surface area is 97.9 Å². The van der Waals surface area contributed by atoms with Gasteiger partial charge in [-0.25, -0.2) is 0 Å². The van der Waals surface area contributed by atoms with Crippen LogP contribution in [0.4, 0.5) is 0 Å². The van der Waals surface area contributed by atoms with Crippen molar-refractivity contribution in [2.75, 3.05) is 0 Å². The highest BCUT2D eigenvalue weighted by Crippen LogP contribution is 2.10. The molecule has 0 aliphatic carbocycles. The van der Waals surface area contributed by atoms with Crippen molar-refractivity contribution in [3.8, 4) is 0 Å².